The van der Waals surface area contributed by atoms with Gasteiger partial charge in [-0.25, -0.2) is 0 Å². The number of aromatic nitrogens is 3. The minimum atomic E-state index is -0.269. The number of carbonyl (C=O) groups excluding carboxylic acids is 1. The van der Waals surface area contributed by atoms with Gasteiger partial charge in [0, 0.05) is 45.3 Å². The Labute approximate surface area is 197 Å². The van der Waals surface area contributed by atoms with Gasteiger partial charge in [-0.3, -0.25) is 14.5 Å². The second kappa shape index (κ2) is 9.15. The van der Waals surface area contributed by atoms with Crippen molar-refractivity contribution in [2.24, 2.45) is 7.05 Å². The van der Waals surface area contributed by atoms with Crippen molar-refractivity contribution in [2.75, 3.05) is 13.7 Å². The average molecular weight is 458 g/mol. The maximum atomic E-state index is 13.3. The fourth-order valence-corrected chi connectivity index (χ4v) is 4.64. The van der Waals surface area contributed by atoms with Crippen LogP contribution >= 0.6 is 0 Å². The molecule has 0 unspecified atom stereocenters. The lowest BCUT2D eigenvalue weighted by Gasteiger charge is -2.29. The SMILES string of the molecule is COc1cccc(CNC(=O)c2cnn3c(=O)c4c(n(C)c23)CCN(Cc2ccccc2)C4)c1. The van der Waals surface area contributed by atoms with Crippen molar-refractivity contribution in [3.63, 3.8) is 0 Å². The molecule has 0 spiro atoms. The number of aryl methyl sites for hydroxylation is 1. The summed E-state index contributed by atoms with van der Waals surface area (Å²) in [5, 5.41) is 7.22. The van der Waals surface area contributed by atoms with E-state index in [4.69, 9.17) is 4.74 Å². The lowest BCUT2D eigenvalue weighted by Crippen LogP contribution is -2.38. The number of nitrogens with zero attached hydrogens (tertiary/aromatic N) is 4. The second-order valence-electron chi connectivity index (χ2n) is 8.56. The molecule has 5 rings (SSSR count). The van der Waals surface area contributed by atoms with Crippen molar-refractivity contribution in [2.45, 2.75) is 26.1 Å². The molecule has 174 valence electrons. The van der Waals surface area contributed by atoms with Crippen LogP contribution in [0.1, 0.15) is 32.7 Å². The van der Waals surface area contributed by atoms with E-state index in [1.54, 1.807) is 7.11 Å². The Balaban J connectivity index is 1.40. The average Bonchev–Trinajstić information content (AvgIpc) is 3.32. The molecular formula is C26H27N5O3. The number of nitrogens with one attached hydrogen (secondary N) is 1. The molecular weight excluding hydrogens is 430 g/mol. The first-order valence-electron chi connectivity index (χ1n) is 11.3. The summed E-state index contributed by atoms with van der Waals surface area (Å²) >= 11 is 0. The zero-order valence-corrected chi connectivity index (χ0v) is 19.3. The lowest BCUT2D eigenvalue weighted by molar-refractivity contribution is 0.0952. The zero-order valence-electron chi connectivity index (χ0n) is 19.3. The predicted octanol–water partition coefficient (Wildman–Crippen LogP) is 2.53. The normalized spacial score (nSPS) is 13.6. The van der Waals surface area contributed by atoms with E-state index in [2.05, 4.69) is 27.4 Å². The molecule has 4 aromatic rings. The number of ether oxygens (including phenoxy) is 1. The first-order chi connectivity index (χ1) is 16.5. The maximum Gasteiger partial charge on any atom is 0.279 e. The molecule has 8 heteroatoms. The molecule has 1 aliphatic rings. The number of fused-ring (bicyclic) bond motifs is 2. The van der Waals surface area contributed by atoms with Gasteiger partial charge in [-0.15, -0.1) is 0 Å². The van der Waals surface area contributed by atoms with Crippen LogP contribution in [0.15, 0.2) is 65.6 Å². The molecule has 2 aromatic heterocycles. The molecule has 0 saturated carbocycles. The molecule has 1 aliphatic heterocycles. The highest BCUT2D eigenvalue weighted by Gasteiger charge is 2.26. The first kappa shape index (κ1) is 21.9. The fraction of sp³-hybridized carbons (Fsp3) is 0.269. The quantitative estimate of drug-likeness (QED) is 0.481. The van der Waals surface area contributed by atoms with Crippen LogP contribution in [0.5, 0.6) is 5.75 Å². The fourth-order valence-electron chi connectivity index (χ4n) is 4.64. The van der Waals surface area contributed by atoms with E-state index in [9.17, 15) is 9.59 Å². The van der Waals surface area contributed by atoms with E-state index in [1.165, 1.54) is 16.3 Å². The minimum absolute atomic E-state index is 0.160. The Morgan fingerprint density at radius 3 is 2.71 bits per heavy atom. The van der Waals surface area contributed by atoms with Crippen LogP contribution in [0.4, 0.5) is 0 Å². The molecule has 8 nitrogen and oxygen atoms in total. The van der Waals surface area contributed by atoms with Gasteiger partial charge in [0.05, 0.1) is 18.9 Å². The van der Waals surface area contributed by atoms with Gasteiger partial charge in [0.25, 0.3) is 11.5 Å². The summed E-state index contributed by atoms with van der Waals surface area (Å²) in [6.45, 7) is 2.54. The third-order valence-electron chi connectivity index (χ3n) is 6.39. The maximum absolute atomic E-state index is 13.3. The van der Waals surface area contributed by atoms with Crippen molar-refractivity contribution in [1.29, 1.82) is 0 Å². The summed E-state index contributed by atoms with van der Waals surface area (Å²) in [6, 6.07) is 17.8. The van der Waals surface area contributed by atoms with Crippen molar-refractivity contribution in [3.8, 4) is 5.75 Å². The van der Waals surface area contributed by atoms with Crippen molar-refractivity contribution < 1.29 is 9.53 Å². The van der Waals surface area contributed by atoms with E-state index in [1.807, 2.05) is 54.1 Å². The molecule has 0 fully saturated rings. The predicted molar refractivity (Wildman–Crippen MR) is 129 cm³/mol. The van der Waals surface area contributed by atoms with Crippen molar-refractivity contribution in [1.82, 2.24) is 24.4 Å². The van der Waals surface area contributed by atoms with Crippen LogP contribution in [0.25, 0.3) is 5.65 Å². The molecule has 0 saturated heterocycles. The Hall–Kier alpha value is -3.91. The molecule has 0 radical (unpaired) electrons. The van der Waals surface area contributed by atoms with E-state index < -0.39 is 0 Å². The van der Waals surface area contributed by atoms with Crippen LogP contribution in [0, 0.1) is 0 Å². The standard InChI is InChI=1S/C26H27N5O3/c1-29-23-11-12-30(16-18-7-4-3-5-8-18)17-22(23)26(33)31-25(29)21(15-28-31)24(32)27-14-19-9-6-10-20(13-19)34-2/h3-10,13,15H,11-12,14,16-17H2,1-2H3,(H,27,32). The van der Waals surface area contributed by atoms with Gasteiger partial charge in [-0.1, -0.05) is 42.5 Å². The first-order valence-corrected chi connectivity index (χ1v) is 11.3. The monoisotopic (exact) mass is 457 g/mol. The highest BCUT2D eigenvalue weighted by atomic mass is 16.5. The van der Waals surface area contributed by atoms with Crippen LogP contribution < -0.4 is 15.6 Å². The minimum Gasteiger partial charge on any atom is -0.497 e. The number of carbonyl (C=O) groups is 1. The Bertz CT molecular complexity index is 1410. The van der Waals surface area contributed by atoms with Crippen LogP contribution in [0.2, 0.25) is 0 Å². The van der Waals surface area contributed by atoms with Crippen LogP contribution in [-0.4, -0.2) is 38.6 Å². The summed E-state index contributed by atoms with van der Waals surface area (Å²) < 4.78 is 8.55. The van der Waals surface area contributed by atoms with Gasteiger partial charge < -0.3 is 14.6 Å². The molecule has 0 atom stereocenters. The van der Waals surface area contributed by atoms with Gasteiger partial charge >= 0.3 is 0 Å². The van der Waals surface area contributed by atoms with E-state index in [0.29, 0.717) is 24.3 Å². The third kappa shape index (κ3) is 4.08. The van der Waals surface area contributed by atoms with Crippen LogP contribution in [0.3, 0.4) is 0 Å². The summed E-state index contributed by atoms with van der Waals surface area (Å²) in [4.78, 5) is 28.6. The summed E-state index contributed by atoms with van der Waals surface area (Å²) in [5.41, 5.74) is 4.59. The molecule has 3 heterocycles. The van der Waals surface area contributed by atoms with Crippen LogP contribution in [-0.2, 0) is 33.1 Å². The third-order valence-corrected chi connectivity index (χ3v) is 6.39. The number of methoxy groups -OCH3 is 1. The number of amides is 1. The van der Waals surface area contributed by atoms with E-state index in [-0.39, 0.29) is 11.5 Å². The molecule has 2 aromatic carbocycles. The number of benzene rings is 2. The summed E-state index contributed by atoms with van der Waals surface area (Å²) in [5.74, 6) is 0.465. The second-order valence-corrected chi connectivity index (χ2v) is 8.56. The van der Waals surface area contributed by atoms with Gasteiger partial charge in [0.15, 0.2) is 5.65 Å². The molecule has 34 heavy (non-hydrogen) atoms. The highest BCUT2D eigenvalue weighted by Crippen LogP contribution is 2.21. The highest BCUT2D eigenvalue weighted by molar-refractivity contribution is 5.99. The molecule has 0 aliphatic carbocycles. The smallest absolute Gasteiger partial charge is 0.279 e. The Morgan fingerprint density at radius 2 is 1.91 bits per heavy atom. The zero-order chi connectivity index (χ0) is 23.7. The lowest BCUT2D eigenvalue weighted by atomic mass is 10.1. The largest absolute Gasteiger partial charge is 0.497 e. The van der Waals surface area contributed by atoms with E-state index >= 15 is 0 Å². The van der Waals surface area contributed by atoms with Gasteiger partial charge in [-0.05, 0) is 23.3 Å². The van der Waals surface area contributed by atoms with Gasteiger partial charge in [0.2, 0.25) is 0 Å². The topological polar surface area (TPSA) is 80.9 Å². The number of rotatable bonds is 6. The molecule has 0 bridgehead atoms. The Kier molecular flexibility index (Phi) is 5.90. The van der Waals surface area contributed by atoms with E-state index in [0.717, 1.165) is 42.1 Å². The van der Waals surface area contributed by atoms with Gasteiger partial charge in [-0.2, -0.15) is 9.61 Å². The number of hydrogen-bond donors (Lipinski definition) is 1. The summed E-state index contributed by atoms with van der Waals surface area (Å²) in [6.07, 6.45) is 2.21. The number of hydrogen-bond acceptors (Lipinski definition) is 5. The van der Waals surface area contributed by atoms with Crippen molar-refractivity contribution >= 4 is 11.6 Å². The van der Waals surface area contributed by atoms with Gasteiger partial charge in [0.1, 0.15) is 11.3 Å². The Morgan fingerprint density at radius 1 is 1.12 bits per heavy atom. The molecule has 1 N–H and O–H groups in total. The molecule has 1 amide bonds. The summed E-state index contributed by atoms with van der Waals surface area (Å²) in [7, 11) is 3.51. The van der Waals surface area contributed by atoms with Crippen molar-refractivity contribution in [3.05, 3.63) is 99.1 Å².